The molecule has 0 bridgehead atoms. The van der Waals surface area contributed by atoms with E-state index in [-0.39, 0.29) is 17.3 Å². The molecule has 13 heteroatoms. The summed E-state index contributed by atoms with van der Waals surface area (Å²) in [4.78, 5) is 15.7. The largest absolute Gasteiger partial charge is 0.480 e. The van der Waals surface area contributed by atoms with Crippen LogP contribution in [0.3, 0.4) is 0 Å². The molecule has 11 nitrogen and oxygen atoms in total. The molecule has 3 N–H and O–H groups in total. The van der Waals surface area contributed by atoms with Crippen LogP contribution >= 0.6 is 0 Å². The number of carbonyl (C=O) groups is 1. The second kappa shape index (κ2) is 11.0. The smallest absolute Gasteiger partial charge is 0.314 e. The highest BCUT2D eigenvalue weighted by molar-refractivity contribution is 5.95. The number of nitrogens with two attached hydrogens (primary N) is 1. The Morgan fingerprint density at radius 1 is 1.05 bits per heavy atom. The standard InChI is InChI=1S/C26H22F2N8O3/c1-38-25-20(23(29)37)10-19(12-31-25)30-11-15-2-6-17(7-3-15)21-14-36(35-32-21)13-16-4-8-18(9-5-16)24-33-34-26(39-24)22(27)28/h2-10,12,14,22,30H,11,13H2,1H3,(H2,29,37). The first-order valence-corrected chi connectivity index (χ1v) is 11.7. The number of benzene rings is 2. The van der Waals surface area contributed by atoms with Crippen LogP contribution < -0.4 is 15.8 Å². The van der Waals surface area contributed by atoms with E-state index in [0.717, 1.165) is 16.7 Å². The highest BCUT2D eigenvalue weighted by Gasteiger charge is 2.17. The van der Waals surface area contributed by atoms with Crippen LogP contribution in [0.2, 0.25) is 0 Å². The summed E-state index contributed by atoms with van der Waals surface area (Å²) in [5, 5.41) is 18.7. The Bertz CT molecular complexity index is 1580. The third-order valence-corrected chi connectivity index (χ3v) is 5.77. The number of ether oxygens (including phenoxy) is 1. The average Bonchev–Trinajstić information content (AvgIpc) is 3.63. The van der Waals surface area contributed by atoms with E-state index in [4.69, 9.17) is 14.9 Å². The molecule has 0 radical (unpaired) electrons. The Kier molecular flexibility index (Phi) is 7.21. The SMILES string of the molecule is COc1ncc(NCc2ccc(-c3cn(Cc4ccc(-c5nnc(C(F)F)o5)cc4)nn3)cc2)cc1C(N)=O. The molecule has 1 amide bonds. The molecule has 0 aliphatic heterocycles. The molecule has 0 aliphatic carbocycles. The Balaban J connectivity index is 1.19. The first kappa shape index (κ1) is 25.4. The lowest BCUT2D eigenvalue weighted by Gasteiger charge is -2.10. The zero-order valence-corrected chi connectivity index (χ0v) is 20.6. The van der Waals surface area contributed by atoms with Crippen molar-refractivity contribution < 1.29 is 22.7 Å². The van der Waals surface area contributed by atoms with E-state index in [1.54, 1.807) is 29.1 Å². The molecule has 5 aromatic rings. The molecule has 3 heterocycles. The van der Waals surface area contributed by atoms with Gasteiger partial charge in [0, 0.05) is 17.7 Å². The Hall–Kier alpha value is -5.20. The van der Waals surface area contributed by atoms with Crippen molar-refractivity contribution in [2.24, 2.45) is 5.73 Å². The topological polar surface area (TPSA) is 147 Å². The summed E-state index contributed by atoms with van der Waals surface area (Å²) in [6.07, 6.45) is 0.595. The van der Waals surface area contributed by atoms with Crippen LogP contribution in [-0.4, -0.2) is 43.2 Å². The number of pyridine rings is 1. The molecule has 0 fully saturated rings. The van der Waals surface area contributed by atoms with Crippen molar-refractivity contribution in [1.82, 2.24) is 30.2 Å². The fourth-order valence-corrected chi connectivity index (χ4v) is 3.77. The first-order valence-electron chi connectivity index (χ1n) is 11.7. The number of halogens is 2. The normalized spacial score (nSPS) is 11.1. The number of nitrogens with one attached hydrogen (secondary N) is 1. The predicted octanol–water partition coefficient (Wildman–Crippen LogP) is 4.10. The monoisotopic (exact) mass is 532 g/mol. The van der Waals surface area contributed by atoms with Crippen LogP contribution in [0.5, 0.6) is 5.88 Å². The third-order valence-electron chi connectivity index (χ3n) is 5.77. The van der Waals surface area contributed by atoms with Gasteiger partial charge in [-0.25, -0.2) is 9.67 Å². The molecule has 198 valence electrons. The molecular formula is C26H22F2N8O3. The molecule has 0 saturated carbocycles. The Morgan fingerprint density at radius 3 is 2.44 bits per heavy atom. The van der Waals surface area contributed by atoms with Gasteiger partial charge in [0.2, 0.25) is 11.8 Å². The van der Waals surface area contributed by atoms with Crippen molar-refractivity contribution in [3.63, 3.8) is 0 Å². The van der Waals surface area contributed by atoms with Crippen LogP contribution in [0.25, 0.3) is 22.7 Å². The minimum Gasteiger partial charge on any atom is -0.480 e. The van der Waals surface area contributed by atoms with E-state index in [9.17, 15) is 13.6 Å². The maximum Gasteiger partial charge on any atom is 0.314 e. The van der Waals surface area contributed by atoms with Gasteiger partial charge in [-0.2, -0.15) is 8.78 Å². The van der Waals surface area contributed by atoms with Gasteiger partial charge in [-0.3, -0.25) is 4.79 Å². The summed E-state index contributed by atoms with van der Waals surface area (Å²) in [6, 6.07) is 16.5. The first-order chi connectivity index (χ1) is 18.9. The van der Waals surface area contributed by atoms with E-state index in [2.05, 4.69) is 30.8 Å². The van der Waals surface area contributed by atoms with Crippen LogP contribution in [0.4, 0.5) is 14.5 Å². The van der Waals surface area contributed by atoms with Gasteiger partial charge in [-0.15, -0.1) is 15.3 Å². The number of methoxy groups -OCH3 is 1. The molecule has 0 aliphatic rings. The van der Waals surface area contributed by atoms with E-state index in [1.807, 2.05) is 42.6 Å². The predicted molar refractivity (Wildman–Crippen MR) is 136 cm³/mol. The number of carbonyl (C=O) groups excluding carboxylic acids is 1. The lowest BCUT2D eigenvalue weighted by molar-refractivity contribution is 0.0996. The molecule has 0 atom stereocenters. The number of nitrogens with zero attached hydrogens (tertiary/aromatic N) is 6. The highest BCUT2D eigenvalue weighted by atomic mass is 19.3. The summed E-state index contributed by atoms with van der Waals surface area (Å²) in [6.45, 7) is 0.965. The minimum absolute atomic E-state index is 0.0367. The van der Waals surface area contributed by atoms with Crippen molar-refractivity contribution in [2.75, 3.05) is 12.4 Å². The van der Waals surface area contributed by atoms with Crippen molar-refractivity contribution in [2.45, 2.75) is 19.5 Å². The molecule has 0 unspecified atom stereocenters. The number of amides is 1. The Morgan fingerprint density at radius 2 is 1.77 bits per heavy atom. The van der Waals surface area contributed by atoms with Gasteiger partial charge in [0.25, 0.3) is 11.8 Å². The number of anilines is 1. The number of aromatic nitrogens is 6. The molecule has 0 saturated heterocycles. The van der Waals surface area contributed by atoms with Gasteiger partial charge in [0.05, 0.1) is 31.7 Å². The quantitative estimate of drug-likeness (QED) is 0.271. The van der Waals surface area contributed by atoms with Gasteiger partial charge < -0.3 is 20.2 Å². The van der Waals surface area contributed by atoms with Gasteiger partial charge in [-0.05, 0) is 29.3 Å². The van der Waals surface area contributed by atoms with Crippen molar-refractivity contribution >= 4 is 11.6 Å². The van der Waals surface area contributed by atoms with Crippen LogP contribution in [-0.2, 0) is 13.1 Å². The maximum atomic E-state index is 12.7. The molecule has 3 aromatic heterocycles. The Labute approximate surface area is 220 Å². The van der Waals surface area contributed by atoms with Crippen LogP contribution in [0.1, 0.15) is 33.8 Å². The van der Waals surface area contributed by atoms with Gasteiger partial charge in [0.15, 0.2) is 0 Å². The van der Waals surface area contributed by atoms with Gasteiger partial charge in [0.1, 0.15) is 11.3 Å². The molecule has 5 rings (SSSR count). The second-order valence-corrected chi connectivity index (χ2v) is 8.44. The van der Waals surface area contributed by atoms with Crippen molar-refractivity contribution in [1.29, 1.82) is 0 Å². The van der Waals surface area contributed by atoms with Crippen molar-refractivity contribution in [3.05, 3.63) is 89.6 Å². The lowest BCUT2D eigenvalue weighted by Crippen LogP contribution is -2.14. The van der Waals surface area contributed by atoms with E-state index in [1.165, 1.54) is 7.11 Å². The zero-order chi connectivity index (χ0) is 27.4. The maximum absolute atomic E-state index is 12.7. The minimum atomic E-state index is -2.81. The fraction of sp³-hybridized carbons (Fsp3) is 0.154. The summed E-state index contributed by atoms with van der Waals surface area (Å²) >= 11 is 0. The fourth-order valence-electron chi connectivity index (χ4n) is 3.77. The number of rotatable bonds is 10. The lowest BCUT2D eigenvalue weighted by atomic mass is 10.1. The average molecular weight is 533 g/mol. The summed E-state index contributed by atoms with van der Waals surface area (Å²) < 4.78 is 37.1. The van der Waals surface area contributed by atoms with Gasteiger partial charge >= 0.3 is 6.43 Å². The molecule has 0 spiro atoms. The second-order valence-electron chi connectivity index (χ2n) is 8.44. The highest BCUT2D eigenvalue weighted by Crippen LogP contribution is 2.24. The van der Waals surface area contributed by atoms with E-state index in [0.29, 0.717) is 30.0 Å². The number of primary amides is 1. The van der Waals surface area contributed by atoms with Crippen LogP contribution in [0.15, 0.2) is 71.4 Å². The van der Waals surface area contributed by atoms with Crippen molar-refractivity contribution in [3.8, 4) is 28.6 Å². The van der Waals surface area contributed by atoms with E-state index >= 15 is 0 Å². The zero-order valence-electron chi connectivity index (χ0n) is 20.6. The summed E-state index contributed by atoms with van der Waals surface area (Å²) in [5.41, 5.74) is 10.3. The molecule has 2 aromatic carbocycles. The summed E-state index contributed by atoms with van der Waals surface area (Å²) in [7, 11) is 1.43. The molecular weight excluding hydrogens is 510 g/mol. The van der Waals surface area contributed by atoms with E-state index < -0.39 is 18.2 Å². The summed E-state index contributed by atoms with van der Waals surface area (Å²) in [5.74, 6) is -1.11. The molecule has 39 heavy (non-hydrogen) atoms. The number of hydrogen-bond acceptors (Lipinski definition) is 9. The third kappa shape index (κ3) is 5.87. The van der Waals surface area contributed by atoms with Gasteiger partial charge in [-0.1, -0.05) is 41.6 Å². The number of alkyl halides is 2. The number of hydrogen-bond donors (Lipinski definition) is 2. The van der Waals surface area contributed by atoms with Crippen LogP contribution in [0, 0.1) is 0 Å².